The van der Waals surface area contributed by atoms with Crippen LogP contribution in [0.15, 0.2) is 12.7 Å². The monoisotopic (exact) mass is 344 g/mol. The molecule has 2 aliphatic rings. The Hall–Kier alpha value is -0.500. The van der Waals surface area contributed by atoms with Crippen molar-refractivity contribution in [3.8, 4) is 0 Å². The number of ether oxygens (including phenoxy) is 4. The van der Waals surface area contributed by atoms with E-state index >= 15 is 0 Å². The zero-order valence-electron chi connectivity index (χ0n) is 14.6. The second-order valence-electron chi connectivity index (χ2n) is 6.61. The SMILES string of the molecule is C=CCCCCCCCCC1OCC2OC(OC)C(O)C(O)C2O1. The normalized spacial score (nSPS) is 36.3. The summed E-state index contributed by atoms with van der Waals surface area (Å²) in [5, 5.41) is 20.2. The molecule has 0 radical (unpaired) electrons. The average Bonchev–Trinajstić information content (AvgIpc) is 2.60. The number of fused-ring (bicyclic) bond motifs is 1. The summed E-state index contributed by atoms with van der Waals surface area (Å²) in [7, 11) is 1.44. The van der Waals surface area contributed by atoms with Gasteiger partial charge in [0.2, 0.25) is 0 Å². The molecule has 0 spiro atoms. The number of aliphatic hydroxyl groups is 2. The van der Waals surface area contributed by atoms with Gasteiger partial charge in [0.05, 0.1) is 6.61 Å². The molecule has 0 bridgehead atoms. The predicted molar refractivity (Wildman–Crippen MR) is 89.4 cm³/mol. The van der Waals surface area contributed by atoms with E-state index in [1.165, 1.54) is 32.8 Å². The Morgan fingerprint density at radius 2 is 1.75 bits per heavy atom. The first-order valence-electron chi connectivity index (χ1n) is 9.09. The third-order valence-corrected chi connectivity index (χ3v) is 4.73. The molecule has 2 fully saturated rings. The molecule has 0 aromatic heterocycles. The molecule has 2 saturated heterocycles. The zero-order valence-corrected chi connectivity index (χ0v) is 14.6. The number of allylic oxidation sites excluding steroid dienone is 1. The van der Waals surface area contributed by atoms with Crippen LogP contribution in [0, 0.1) is 0 Å². The quantitative estimate of drug-likeness (QED) is 0.467. The minimum absolute atomic E-state index is 0.337. The first-order chi connectivity index (χ1) is 11.7. The lowest BCUT2D eigenvalue weighted by molar-refractivity contribution is -0.356. The summed E-state index contributed by atoms with van der Waals surface area (Å²) in [4.78, 5) is 0. The van der Waals surface area contributed by atoms with Crippen molar-refractivity contribution in [2.45, 2.75) is 88.4 Å². The van der Waals surface area contributed by atoms with E-state index in [0.29, 0.717) is 6.61 Å². The Bertz CT molecular complexity index is 361. The minimum atomic E-state index is -1.11. The van der Waals surface area contributed by atoms with Crippen LogP contribution in [-0.4, -0.2) is 60.9 Å². The summed E-state index contributed by atoms with van der Waals surface area (Å²) >= 11 is 0. The van der Waals surface area contributed by atoms with Crippen molar-refractivity contribution in [2.75, 3.05) is 13.7 Å². The van der Waals surface area contributed by atoms with E-state index < -0.39 is 30.7 Å². The Labute approximate surface area is 144 Å². The molecule has 24 heavy (non-hydrogen) atoms. The number of rotatable bonds is 10. The molecule has 0 amide bonds. The van der Waals surface area contributed by atoms with Gasteiger partial charge in [-0.2, -0.15) is 0 Å². The Kier molecular flexibility index (Phi) is 8.66. The molecule has 0 aliphatic carbocycles. The van der Waals surface area contributed by atoms with Crippen molar-refractivity contribution in [1.29, 1.82) is 0 Å². The summed E-state index contributed by atoms with van der Waals surface area (Å²) in [6.07, 6.45) is 6.73. The largest absolute Gasteiger partial charge is 0.387 e. The first kappa shape index (κ1) is 19.8. The van der Waals surface area contributed by atoms with Crippen LogP contribution in [0.1, 0.15) is 51.4 Å². The summed E-state index contributed by atoms with van der Waals surface area (Å²) in [6, 6.07) is 0. The second-order valence-corrected chi connectivity index (χ2v) is 6.61. The Morgan fingerprint density at radius 1 is 1.04 bits per heavy atom. The molecule has 6 nitrogen and oxygen atoms in total. The lowest BCUT2D eigenvalue weighted by Crippen LogP contribution is -2.63. The third kappa shape index (κ3) is 5.51. The van der Waals surface area contributed by atoms with E-state index in [4.69, 9.17) is 18.9 Å². The van der Waals surface area contributed by atoms with Gasteiger partial charge in [0, 0.05) is 7.11 Å². The first-order valence-corrected chi connectivity index (χ1v) is 9.09. The summed E-state index contributed by atoms with van der Waals surface area (Å²) in [5.41, 5.74) is 0. The predicted octanol–water partition coefficient (Wildman–Crippen LogP) is 2.13. The second kappa shape index (κ2) is 10.5. The molecular weight excluding hydrogens is 312 g/mol. The molecule has 0 saturated carbocycles. The van der Waals surface area contributed by atoms with Crippen molar-refractivity contribution in [3.05, 3.63) is 12.7 Å². The molecule has 2 rings (SSSR count). The van der Waals surface area contributed by atoms with Gasteiger partial charge in [0.1, 0.15) is 24.4 Å². The van der Waals surface area contributed by atoms with Gasteiger partial charge in [0.25, 0.3) is 0 Å². The van der Waals surface area contributed by atoms with E-state index in [9.17, 15) is 10.2 Å². The van der Waals surface area contributed by atoms with E-state index in [-0.39, 0.29) is 6.29 Å². The van der Waals surface area contributed by atoms with Crippen molar-refractivity contribution in [3.63, 3.8) is 0 Å². The Morgan fingerprint density at radius 3 is 2.46 bits per heavy atom. The molecule has 6 heteroatoms. The van der Waals surface area contributed by atoms with Gasteiger partial charge >= 0.3 is 0 Å². The number of hydrogen-bond acceptors (Lipinski definition) is 6. The molecule has 140 valence electrons. The van der Waals surface area contributed by atoms with Crippen LogP contribution < -0.4 is 0 Å². The summed E-state index contributed by atoms with van der Waals surface area (Å²) < 4.78 is 22.1. The van der Waals surface area contributed by atoms with E-state index in [1.54, 1.807) is 0 Å². The highest BCUT2D eigenvalue weighted by atomic mass is 16.7. The molecule has 6 unspecified atom stereocenters. The van der Waals surface area contributed by atoms with Gasteiger partial charge in [-0.05, 0) is 25.7 Å². The highest BCUT2D eigenvalue weighted by Crippen LogP contribution is 2.30. The topological polar surface area (TPSA) is 77.4 Å². The van der Waals surface area contributed by atoms with Gasteiger partial charge < -0.3 is 29.2 Å². The maximum atomic E-state index is 10.2. The van der Waals surface area contributed by atoms with Crippen LogP contribution in [0.25, 0.3) is 0 Å². The maximum Gasteiger partial charge on any atom is 0.186 e. The van der Waals surface area contributed by atoms with Crippen LogP contribution in [0.4, 0.5) is 0 Å². The van der Waals surface area contributed by atoms with Crippen molar-refractivity contribution in [1.82, 2.24) is 0 Å². The lowest BCUT2D eigenvalue weighted by Gasteiger charge is -2.45. The van der Waals surface area contributed by atoms with Crippen LogP contribution in [0.3, 0.4) is 0 Å². The van der Waals surface area contributed by atoms with Crippen LogP contribution in [0.2, 0.25) is 0 Å². The minimum Gasteiger partial charge on any atom is -0.387 e. The highest BCUT2D eigenvalue weighted by molar-refractivity contribution is 4.92. The smallest absolute Gasteiger partial charge is 0.186 e. The van der Waals surface area contributed by atoms with Gasteiger partial charge in [-0.25, -0.2) is 0 Å². The molecule has 2 aliphatic heterocycles. The van der Waals surface area contributed by atoms with Crippen LogP contribution >= 0.6 is 0 Å². The standard InChI is InChI=1S/C18H32O6/c1-3-4-5-6-7-8-9-10-11-14-22-12-13-17(24-14)15(19)16(20)18(21-2)23-13/h3,13-20H,1,4-12H2,2H3. The Balaban J connectivity index is 1.63. The molecule has 2 N–H and O–H groups in total. The lowest BCUT2D eigenvalue weighted by atomic mass is 9.98. The number of unbranched alkanes of at least 4 members (excludes halogenated alkanes) is 6. The fraction of sp³-hybridized carbons (Fsp3) is 0.889. The van der Waals surface area contributed by atoms with Crippen LogP contribution in [-0.2, 0) is 18.9 Å². The van der Waals surface area contributed by atoms with Gasteiger partial charge in [-0.3, -0.25) is 0 Å². The molecule has 6 atom stereocenters. The van der Waals surface area contributed by atoms with E-state index in [0.717, 1.165) is 25.7 Å². The molecule has 0 aromatic carbocycles. The van der Waals surface area contributed by atoms with E-state index in [2.05, 4.69) is 6.58 Å². The number of aliphatic hydroxyl groups excluding tert-OH is 2. The van der Waals surface area contributed by atoms with Gasteiger partial charge in [-0.15, -0.1) is 6.58 Å². The summed E-state index contributed by atoms with van der Waals surface area (Å²) in [6.45, 7) is 4.08. The third-order valence-electron chi connectivity index (χ3n) is 4.73. The van der Waals surface area contributed by atoms with Crippen molar-refractivity contribution >= 4 is 0 Å². The number of hydrogen-bond donors (Lipinski definition) is 2. The maximum absolute atomic E-state index is 10.2. The fourth-order valence-electron chi connectivity index (χ4n) is 3.28. The number of methoxy groups -OCH3 is 1. The molecular formula is C18H32O6. The van der Waals surface area contributed by atoms with E-state index in [1.807, 2.05) is 6.08 Å². The highest BCUT2D eigenvalue weighted by Gasteiger charge is 2.48. The van der Waals surface area contributed by atoms with Crippen LogP contribution in [0.5, 0.6) is 0 Å². The fourth-order valence-corrected chi connectivity index (χ4v) is 3.28. The zero-order chi connectivity index (χ0) is 17.4. The van der Waals surface area contributed by atoms with Crippen molar-refractivity contribution < 1.29 is 29.2 Å². The average molecular weight is 344 g/mol. The molecule has 2 heterocycles. The van der Waals surface area contributed by atoms with Gasteiger partial charge in [0.15, 0.2) is 12.6 Å². The molecule has 0 aromatic rings. The van der Waals surface area contributed by atoms with Crippen molar-refractivity contribution in [2.24, 2.45) is 0 Å². The van der Waals surface area contributed by atoms with Gasteiger partial charge in [-0.1, -0.05) is 31.8 Å². The summed E-state index contributed by atoms with van der Waals surface area (Å²) in [5.74, 6) is 0.